The first-order valence-corrected chi connectivity index (χ1v) is 5.04. The Hall–Kier alpha value is -1.69. The van der Waals surface area contributed by atoms with Crippen LogP contribution in [-0.4, -0.2) is 38.7 Å². The molecule has 1 saturated heterocycles. The van der Waals surface area contributed by atoms with Gasteiger partial charge in [-0.2, -0.15) is 9.61 Å². The van der Waals surface area contributed by atoms with Crippen LogP contribution in [0.1, 0.15) is 6.42 Å². The number of nitrogens with zero attached hydrogens (tertiary/aromatic N) is 4. The maximum atomic E-state index is 4.14. The number of nitrogens with one attached hydrogen (secondary N) is 2. The van der Waals surface area contributed by atoms with Gasteiger partial charge in [-0.25, -0.2) is 4.98 Å². The molecular weight excluding hydrogens is 192 g/mol. The Morgan fingerprint density at radius 2 is 2.47 bits per heavy atom. The van der Waals surface area contributed by atoms with Crippen molar-refractivity contribution in [3.8, 4) is 0 Å². The summed E-state index contributed by atoms with van der Waals surface area (Å²) in [7, 11) is 0. The monoisotopic (exact) mass is 204 g/mol. The van der Waals surface area contributed by atoms with Gasteiger partial charge in [-0.15, -0.1) is 0 Å². The van der Waals surface area contributed by atoms with E-state index >= 15 is 0 Å². The maximum Gasteiger partial charge on any atom is 0.175 e. The van der Waals surface area contributed by atoms with Gasteiger partial charge in [0.15, 0.2) is 5.65 Å². The molecule has 3 rings (SSSR count). The van der Waals surface area contributed by atoms with E-state index in [4.69, 9.17) is 0 Å². The molecule has 0 spiro atoms. The van der Waals surface area contributed by atoms with Crippen molar-refractivity contribution in [3.63, 3.8) is 0 Å². The summed E-state index contributed by atoms with van der Waals surface area (Å²) in [4.78, 5) is 8.21. The molecule has 0 saturated carbocycles. The summed E-state index contributed by atoms with van der Waals surface area (Å²) in [5, 5.41) is 10.9. The van der Waals surface area contributed by atoms with Gasteiger partial charge in [-0.1, -0.05) is 0 Å². The first-order valence-electron chi connectivity index (χ1n) is 5.04. The highest BCUT2D eigenvalue weighted by molar-refractivity contribution is 5.45. The quantitative estimate of drug-likeness (QED) is 0.715. The molecular formula is C9H12N6. The van der Waals surface area contributed by atoms with E-state index in [9.17, 15) is 0 Å². The largest absolute Gasteiger partial charge is 0.365 e. The molecule has 0 radical (unpaired) electrons. The van der Waals surface area contributed by atoms with Gasteiger partial charge < -0.3 is 10.6 Å². The van der Waals surface area contributed by atoms with Crippen LogP contribution in [0.4, 0.5) is 5.82 Å². The third-order valence-electron chi connectivity index (χ3n) is 2.60. The van der Waals surface area contributed by atoms with E-state index in [1.807, 2.05) is 0 Å². The minimum Gasteiger partial charge on any atom is -0.365 e. The first kappa shape index (κ1) is 8.60. The Morgan fingerprint density at radius 3 is 3.33 bits per heavy atom. The number of fused-ring (bicyclic) bond motifs is 1. The zero-order chi connectivity index (χ0) is 10.1. The van der Waals surface area contributed by atoms with Gasteiger partial charge in [0.25, 0.3) is 0 Å². The molecule has 1 aliphatic heterocycles. The molecule has 2 N–H and O–H groups in total. The normalized spacial score (nSPS) is 20.9. The molecule has 0 aromatic carbocycles. The van der Waals surface area contributed by atoms with Crippen LogP contribution in [0.2, 0.25) is 0 Å². The van der Waals surface area contributed by atoms with Crippen molar-refractivity contribution < 1.29 is 0 Å². The fourth-order valence-electron chi connectivity index (χ4n) is 1.84. The Labute approximate surface area is 86.7 Å². The van der Waals surface area contributed by atoms with Crippen molar-refractivity contribution in [3.05, 3.63) is 18.7 Å². The summed E-state index contributed by atoms with van der Waals surface area (Å²) in [6.07, 6.45) is 6.14. The molecule has 78 valence electrons. The lowest BCUT2D eigenvalue weighted by Gasteiger charge is -2.12. The fourth-order valence-corrected chi connectivity index (χ4v) is 1.84. The van der Waals surface area contributed by atoms with Gasteiger partial charge in [0.05, 0.1) is 12.4 Å². The van der Waals surface area contributed by atoms with Gasteiger partial charge in [0.2, 0.25) is 0 Å². The molecule has 1 atom stereocenters. The van der Waals surface area contributed by atoms with Crippen molar-refractivity contribution in [1.82, 2.24) is 24.9 Å². The van der Waals surface area contributed by atoms with E-state index in [0.29, 0.717) is 6.04 Å². The summed E-state index contributed by atoms with van der Waals surface area (Å²) < 4.78 is 1.77. The van der Waals surface area contributed by atoms with E-state index in [2.05, 4.69) is 25.7 Å². The lowest BCUT2D eigenvalue weighted by Crippen LogP contribution is -2.23. The third-order valence-corrected chi connectivity index (χ3v) is 2.60. The second-order valence-corrected chi connectivity index (χ2v) is 3.66. The molecule has 0 aliphatic carbocycles. The lowest BCUT2D eigenvalue weighted by atomic mass is 10.3. The van der Waals surface area contributed by atoms with Crippen LogP contribution in [0, 0.1) is 0 Å². The Kier molecular flexibility index (Phi) is 1.99. The highest BCUT2D eigenvalue weighted by atomic mass is 15.3. The SMILES string of the molecule is c1nc2cncc(N[C@@H]3CCNC3)n2n1. The van der Waals surface area contributed by atoms with Crippen molar-refractivity contribution in [2.75, 3.05) is 18.4 Å². The lowest BCUT2D eigenvalue weighted by molar-refractivity contribution is 0.774. The number of hydrogen-bond donors (Lipinski definition) is 2. The van der Waals surface area contributed by atoms with Crippen LogP contribution in [0.3, 0.4) is 0 Å². The minimum absolute atomic E-state index is 0.460. The zero-order valence-electron chi connectivity index (χ0n) is 8.22. The number of hydrogen-bond acceptors (Lipinski definition) is 5. The van der Waals surface area contributed by atoms with Crippen LogP contribution >= 0.6 is 0 Å². The maximum absolute atomic E-state index is 4.14. The Morgan fingerprint density at radius 1 is 1.47 bits per heavy atom. The Balaban J connectivity index is 1.92. The topological polar surface area (TPSA) is 67.1 Å². The van der Waals surface area contributed by atoms with Gasteiger partial charge in [-0.3, -0.25) is 4.98 Å². The third kappa shape index (κ3) is 1.52. The fraction of sp³-hybridized carbons (Fsp3) is 0.444. The molecule has 0 bridgehead atoms. The number of aromatic nitrogens is 4. The van der Waals surface area contributed by atoms with Crippen molar-refractivity contribution in [2.45, 2.75) is 12.5 Å². The zero-order valence-corrected chi connectivity index (χ0v) is 8.22. The van der Waals surface area contributed by atoms with Crippen LogP contribution in [0.15, 0.2) is 18.7 Å². The van der Waals surface area contributed by atoms with Crippen molar-refractivity contribution in [2.24, 2.45) is 0 Å². The second kappa shape index (κ2) is 3.47. The van der Waals surface area contributed by atoms with Crippen molar-refractivity contribution >= 4 is 11.5 Å². The van der Waals surface area contributed by atoms with E-state index in [1.54, 1.807) is 16.9 Å². The summed E-state index contributed by atoms with van der Waals surface area (Å²) in [5.74, 6) is 0.902. The highest BCUT2D eigenvalue weighted by Crippen LogP contribution is 2.10. The molecule has 3 heterocycles. The second-order valence-electron chi connectivity index (χ2n) is 3.66. The summed E-state index contributed by atoms with van der Waals surface area (Å²) in [6.45, 7) is 2.06. The molecule has 6 nitrogen and oxygen atoms in total. The van der Waals surface area contributed by atoms with Gasteiger partial charge >= 0.3 is 0 Å². The van der Waals surface area contributed by atoms with Gasteiger partial charge in [0, 0.05) is 12.6 Å². The number of anilines is 1. The average Bonchev–Trinajstić information content (AvgIpc) is 2.87. The predicted octanol–water partition coefficient (Wildman–Crippen LogP) is -0.102. The van der Waals surface area contributed by atoms with E-state index in [1.165, 1.54) is 6.33 Å². The van der Waals surface area contributed by atoms with E-state index in [0.717, 1.165) is 31.0 Å². The molecule has 0 amide bonds. The van der Waals surface area contributed by atoms with Crippen LogP contribution in [-0.2, 0) is 0 Å². The molecule has 1 fully saturated rings. The van der Waals surface area contributed by atoms with Gasteiger partial charge in [0.1, 0.15) is 12.1 Å². The first-order chi connectivity index (χ1) is 7.43. The summed E-state index contributed by atoms with van der Waals surface area (Å²) in [6, 6.07) is 0.460. The molecule has 1 aliphatic rings. The number of rotatable bonds is 2. The summed E-state index contributed by atoms with van der Waals surface area (Å²) >= 11 is 0. The van der Waals surface area contributed by atoms with E-state index in [-0.39, 0.29) is 0 Å². The van der Waals surface area contributed by atoms with Crippen LogP contribution in [0.25, 0.3) is 5.65 Å². The van der Waals surface area contributed by atoms with Gasteiger partial charge in [-0.05, 0) is 13.0 Å². The van der Waals surface area contributed by atoms with Crippen LogP contribution < -0.4 is 10.6 Å². The van der Waals surface area contributed by atoms with Crippen LogP contribution in [0.5, 0.6) is 0 Å². The average molecular weight is 204 g/mol. The predicted molar refractivity (Wildman–Crippen MR) is 55.7 cm³/mol. The standard InChI is InChI=1S/C9H12N6/c1-2-10-3-7(1)14-9-5-11-4-8-12-6-13-15(8)9/h4-7,10,14H,1-3H2/t7-/m1/s1. The van der Waals surface area contributed by atoms with E-state index < -0.39 is 0 Å². The minimum atomic E-state index is 0.460. The molecule has 6 heteroatoms. The smallest absolute Gasteiger partial charge is 0.175 e. The molecule has 2 aromatic heterocycles. The molecule has 2 aromatic rings. The molecule has 15 heavy (non-hydrogen) atoms. The summed E-state index contributed by atoms with van der Waals surface area (Å²) in [5.41, 5.74) is 0.769. The van der Waals surface area contributed by atoms with Crippen molar-refractivity contribution in [1.29, 1.82) is 0 Å². The Bertz CT molecular complexity index is 458. The molecule has 0 unspecified atom stereocenters. The highest BCUT2D eigenvalue weighted by Gasteiger charge is 2.15.